The lowest BCUT2D eigenvalue weighted by Gasteiger charge is -2.27. The zero-order chi connectivity index (χ0) is 28.8. The Bertz CT molecular complexity index is 2010. The van der Waals surface area contributed by atoms with Gasteiger partial charge >= 0.3 is 0 Å². The molecule has 0 bridgehead atoms. The molecule has 0 spiro atoms. The molecule has 5 aromatic carbocycles. The third-order valence-corrected chi connectivity index (χ3v) is 8.92. The van der Waals surface area contributed by atoms with Crippen molar-refractivity contribution in [3.05, 3.63) is 144 Å². The highest BCUT2D eigenvalue weighted by Crippen LogP contribution is 2.41. The van der Waals surface area contributed by atoms with Gasteiger partial charge in [0, 0.05) is 16.7 Å². The third kappa shape index (κ3) is 4.58. The molecule has 0 saturated carbocycles. The van der Waals surface area contributed by atoms with Crippen LogP contribution in [0.25, 0.3) is 61.3 Å². The zero-order valence-electron chi connectivity index (χ0n) is 24.2. The van der Waals surface area contributed by atoms with E-state index < -0.39 is 0 Å². The third-order valence-electron chi connectivity index (χ3n) is 8.92. The van der Waals surface area contributed by atoms with Crippen molar-refractivity contribution in [1.82, 2.24) is 15.0 Å². The van der Waals surface area contributed by atoms with E-state index in [-0.39, 0.29) is 0 Å². The van der Waals surface area contributed by atoms with E-state index in [1.165, 1.54) is 33.9 Å². The van der Waals surface area contributed by atoms with Crippen molar-refractivity contribution in [2.24, 2.45) is 5.92 Å². The van der Waals surface area contributed by atoms with Gasteiger partial charge in [-0.3, -0.25) is 0 Å². The molecule has 206 valence electrons. The quantitative estimate of drug-likeness (QED) is 0.218. The summed E-state index contributed by atoms with van der Waals surface area (Å²) in [5, 5.41) is 4.59. The van der Waals surface area contributed by atoms with Crippen LogP contribution in [-0.2, 0) is 0 Å². The second kappa shape index (κ2) is 10.6. The topological polar surface area (TPSA) is 38.7 Å². The van der Waals surface area contributed by atoms with Crippen LogP contribution in [0, 0.1) is 5.92 Å². The highest BCUT2D eigenvalue weighted by atomic mass is 15.0. The molecule has 3 heteroatoms. The van der Waals surface area contributed by atoms with E-state index in [0.29, 0.717) is 23.4 Å². The van der Waals surface area contributed by atoms with Crippen molar-refractivity contribution >= 4 is 27.1 Å². The van der Waals surface area contributed by atoms with E-state index in [0.717, 1.165) is 40.3 Å². The molecule has 43 heavy (non-hydrogen) atoms. The van der Waals surface area contributed by atoms with Crippen LogP contribution < -0.4 is 0 Å². The van der Waals surface area contributed by atoms with Gasteiger partial charge < -0.3 is 0 Å². The molecule has 0 aliphatic heterocycles. The standard InChI is InChI=1S/C40H31N3/c1-26-20-25-34(35-17-7-6-14-31(26)35)29-21-23-30(24-22-29)38-41-39(36-18-8-12-27-10-2-4-15-32(27)36)43-40(42-38)37-19-9-13-28-11-3-5-16-33(28)37/h2-5,7-13,15-19,21-26H,6,14,20H2,1H3. The summed E-state index contributed by atoms with van der Waals surface area (Å²) in [6.07, 6.45) is 10.5. The first-order chi connectivity index (χ1) is 21.2. The first kappa shape index (κ1) is 25.6. The first-order valence-electron chi connectivity index (χ1n) is 15.2. The fourth-order valence-electron chi connectivity index (χ4n) is 6.66. The summed E-state index contributed by atoms with van der Waals surface area (Å²) in [5.74, 6) is 2.66. The summed E-state index contributed by atoms with van der Waals surface area (Å²) in [5.41, 5.74) is 8.59. The van der Waals surface area contributed by atoms with Gasteiger partial charge in [0.25, 0.3) is 0 Å². The van der Waals surface area contributed by atoms with Crippen LogP contribution in [0.5, 0.6) is 0 Å². The van der Waals surface area contributed by atoms with Crippen LogP contribution in [0.4, 0.5) is 0 Å². The highest BCUT2D eigenvalue weighted by molar-refractivity contribution is 5.97. The summed E-state index contributed by atoms with van der Waals surface area (Å²) in [7, 11) is 0. The smallest absolute Gasteiger partial charge is 0.164 e. The predicted octanol–water partition coefficient (Wildman–Crippen LogP) is 10.2. The molecule has 1 atom stereocenters. The van der Waals surface area contributed by atoms with Gasteiger partial charge in [-0.15, -0.1) is 0 Å². The van der Waals surface area contributed by atoms with Crippen molar-refractivity contribution in [3.63, 3.8) is 0 Å². The lowest BCUT2D eigenvalue weighted by molar-refractivity contribution is 0.641. The molecule has 0 amide bonds. The van der Waals surface area contributed by atoms with Crippen molar-refractivity contribution in [2.75, 3.05) is 0 Å². The number of benzene rings is 5. The zero-order valence-corrected chi connectivity index (χ0v) is 24.2. The average molecular weight is 554 g/mol. The maximum absolute atomic E-state index is 5.10. The van der Waals surface area contributed by atoms with Crippen molar-refractivity contribution in [2.45, 2.75) is 26.2 Å². The van der Waals surface area contributed by atoms with Crippen molar-refractivity contribution < 1.29 is 0 Å². The lowest BCUT2D eigenvalue weighted by Crippen LogP contribution is -2.10. The minimum atomic E-state index is 0.619. The van der Waals surface area contributed by atoms with Gasteiger partial charge in [0.15, 0.2) is 17.5 Å². The molecular weight excluding hydrogens is 522 g/mol. The van der Waals surface area contributed by atoms with Gasteiger partial charge in [-0.05, 0) is 63.4 Å². The number of hydrogen-bond donors (Lipinski definition) is 0. The monoisotopic (exact) mass is 553 g/mol. The van der Waals surface area contributed by atoms with E-state index in [4.69, 9.17) is 15.0 Å². The Kier molecular flexibility index (Phi) is 6.30. The van der Waals surface area contributed by atoms with Crippen LogP contribution >= 0.6 is 0 Å². The number of aromatic nitrogens is 3. The molecule has 6 aromatic rings. The number of fused-ring (bicyclic) bond motifs is 2. The molecule has 1 heterocycles. The fraction of sp³-hybridized carbons (Fsp3) is 0.125. The van der Waals surface area contributed by atoms with Gasteiger partial charge in [-0.25, -0.2) is 15.0 Å². The minimum Gasteiger partial charge on any atom is -0.208 e. The molecule has 0 fully saturated rings. The summed E-state index contributed by atoms with van der Waals surface area (Å²) in [4.78, 5) is 15.3. The van der Waals surface area contributed by atoms with Crippen LogP contribution in [0.3, 0.4) is 0 Å². The van der Waals surface area contributed by atoms with Crippen LogP contribution in [0.15, 0.2) is 139 Å². The summed E-state index contributed by atoms with van der Waals surface area (Å²) in [6, 6.07) is 38.2. The SMILES string of the molecule is CC1CC=C(c2ccc(-c3nc(-c4cccc5ccccc45)nc(-c4cccc5ccccc45)n3)cc2)C2=C1CCC=C2. The largest absolute Gasteiger partial charge is 0.208 e. The summed E-state index contributed by atoms with van der Waals surface area (Å²) < 4.78 is 0. The Labute approximate surface area is 252 Å². The first-order valence-corrected chi connectivity index (χ1v) is 15.2. The normalized spacial score (nSPS) is 16.4. The van der Waals surface area contributed by atoms with Crippen LogP contribution in [0.2, 0.25) is 0 Å². The average Bonchev–Trinajstić information content (AvgIpc) is 3.08. The Morgan fingerprint density at radius 1 is 0.581 bits per heavy atom. The van der Waals surface area contributed by atoms with E-state index in [1.54, 1.807) is 5.57 Å². The molecule has 1 unspecified atom stereocenters. The van der Waals surface area contributed by atoms with E-state index >= 15 is 0 Å². The maximum atomic E-state index is 5.10. The predicted molar refractivity (Wildman–Crippen MR) is 178 cm³/mol. The van der Waals surface area contributed by atoms with Gasteiger partial charge in [-0.2, -0.15) is 0 Å². The minimum absolute atomic E-state index is 0.619. The number of allylic oxidation sites excluding steroid dienone is 6. The second-order valence-electron chi connectivity index (χ2n) is 11.6. The molecule has 0 N–H and O–H groups in total. The maximum Gasteiger partial charge on any atom is 0.164 e. The molecule has 8 rings (SSSR count). The molecule has 2 aliphatic rings. The molecule has 0 saturated heterocycles. The molecular formula is C40H31N3. The Hall–Kier alpha value is -5.15. The van der Waals surface area contributed by atoms with Gasteiger partial charge in [0.1, 0.15) is 0 Å². The molecule has 2 aliphatic carbocycles. The lowest BCUT2D eigenvalue weighted by atomic mass is 9.77. The fourth-order valence-corrected chi connectivity index (χ4v) is 6.66. The van der Waals surface area contributed by atoms with Crippen LogP contribution in [-0.4, -0.2) is 15.0 Å². The summed E-state index contributed by atoms with van der Waals surface area (Å²) in [6.45, 7) is 2.35. The molecule has 0 radical (unpaired) electrons. The van der Waals surface area contributed by atoms with Crippen molar-refractivity contribution in [1.29, 1.82) is 0 Å². The van der Waals surface area contributed by atoms with Gasteiger partial charge in [0.2, 0.25) is 0 Å². The Balaban J connectivity index is 1.28. The van der Waals surface area contributed by atoms with E-state index in [1.807, 2.05) is 0 Å². The highest BCUT2D eigenvalue weighted by Gasteiger charge is 2.22. The van der Waals surface area contributed by atoms with Gasteiger partial charge in [0.05, 0.1) is 0 Å². The number of rotatable bonds is 4. The second-order valence-corrected chi connectivity index (χ2v) is 11.6. The Morgan fingerprint density at radius 3 is 1.79 bits per heavy atom. The number of hydrogen-bond acceptors (Lipinski definition) is 3. The van der Waals surface area contributed by atoms with E-state index in [9.17, 15) is 0 Å². The van der Waals surface area contributed by atoms with Gasteiger partial charge in [-0.1, -0.05) is 140 Å². The van der Waals surface area contributed by atoms with Crippen LogP contribution in [0.1, 0.15) is 31.7 Å². The summed E-state index contributed by atoms with van der Waals surface area (Å²) >= 11 is 0. The molecule has 3 nitrogen and oxygen atoms in total. The number of nitrogens with zero attached hydrogens (tertiary/aromatic N) is 3. The van der Waals surface area contributed by atoms with E-state index in [2.05, 4.69) is 134 Å². The van der Waals surface area contributed by atoms with Crippen molar-refractivity contribution in [3.8, 4) is 34.2 Å². The Morgan fingerprint density at radius 2 is 1.14 bits per heavy atom. The molecule has 1 aromatic heterocycles.